The highest BCUT2D eigenvalue weighted by Crippen LogP contribution is 2.34. The second kappa shape index (κ2) is 5.75. The van der Waals surface area contributed by atoms with E-state index in [9.17, 15) is 0 Å². The Kier molecular flexibility index (Phi) is 4.50. The lowest BCUT2D eigenvalue weighted by molar-refractivity contribution is 0.713. The summed E-state index contributed by atoms with van der Waals surface area (Å²) in [6.45, 7) is 2.73. The fourth-order valence-corrected chi connectivity index (χ4v) is 4.26. The Bertz CT molecular complexity index is 555. The largest absolute Gasteiger partial charge is 0.378 e. The van der Waals surface area contributed by atoms with E-state index in [0.717, 1.165) is 37.0 Å². The van der Waals surface area contributed by atoms with Gasteiger partial charge in [-0.2, -0.15) is 5.10 Å². The molecule has 2 aromatic rings. The van der Waals surface area contributed by atoms with Crippen molar-refractivity contribution < 1.29 is 0 Å². The van der Waals surface area contributed by atoms with Gasteiger partial charge in [-0.3, -0.25) is 4.68 Å². The number of halogens is 3. The molecule has 1 aromatic carbocycles. The van der Waals surface area contributed by atoms with Crippen LogP contribution in [0.15, 0.2) is 31.6 Å². The van der Waals surface area contributed by atoms with Crippen molar-refractivity contribution in [2.24, 2.45) is 7.05 Å². The molecule has 1 N–H and O–H groups in total. The molecule has 96 valence electrons. The minimum Gasteiger partial charge on any atom is -0.378 e. The molecule has 0 fully saturated rings. The summed E-state index contributed by atoms with van der Waals surface area (Å²) >= 11 is 10.6. The van der Waals surface area contributed by atoms with E-state index in [1.165, 1.54) is 0 Å². The number of hydrogen-bond donors (Lipinski definition) is 1. The molecule has 6 heteroatoms. The van der Waals surface area contributed by atoms with Gasteiger partial charge < -0.3 is 5.32 Å². The van der Waals surface area contributed by atoms with Gasteiger partial charge >= 0.3 is 0 Å². The highest BCUT2D eigenvalue weighted by atomic mass is 79.9. The number of aromatic nitrogens is 2. The van der Waals surface area contributed by atoms with Crippen LogP contribution in [-0.4, -0.2) is 9.78 Å². The van der Waals surface area contributed by atoms with E-state index < -0.39 is 0 Å². The van der Waals surface area contributed by atoms with Crippen LogP contribution in [0, 0.1) is 6.92 Å². The van der Waals surface area contributed by atoms with Crippen LogP contribution in [0.3, 0.4) is 0 Å². The second-order valence-corrected chi connectivity index (χ2v) is 6.62. The number of nitrogens with one attached hydrogen (secondary N) is 1. The average molecular weight is 438 g/mol. The Morgan fingerprint density at radius 3 is 2.28 bits per heavy atom. The van der Waals surface area contributed by atoms with E-state index >= 15 is 0 Å². The van der Waals surface area contributed by atoms with Crippen LogP contribution in [0.5, 0.6) is 0 Å². The van der Waals surface area contributed by atoms with Gasteiger partial charge in [0.2, 0.25) is 0 Å². The molecule has 18 heavy (non-hydrogen) atoms. The van der Waals surface area contributed by atoms with E-state index in [0.29, 0.717) is 0 Å². The zero-order valence-corrected chi connectivity index (χ0v) is 14.7. The van der Waals surface area contributed by atoms with E-state index in [-0.39, 0.29) is 0 Å². The van der Waals surface area contributed by atoms with Gasteiger partial charge in [-0.05, 0) is 57.0 Å². The molecule has 0 unspecified atom stereocenters. The number of aryl methyl sites for hydroxylation is 2. The summed E-state index contributed by atoms with van der Waals surface area (Å²) in [5.41, 5.74) is 3.22. The Morgan fingerprint density at radius 1 is 1.17 bits per heavy atom. The van der Waals surface area contributed by atoms with Gasteiger partial charge in [0.05, 0.1) is 23.6 Å². The van der Waals surface area contributed by atoms with Crippen LogP contribution < -0.4 is 5.32 Å². The number of anilines is 1. The number of rotatable bonds is 3. The SMILES string of the molecule is Cc1cc(CNc2c(Br)cc(Br)cc2Br)n(C)n1. The van der Waals surface area contributed by atoms with Gasteiger partial charge in [-0.15, -0.1) is 0 Å². The molecular formula is C12H12Br3N3. The molecule has 2 rings (SSSR count). The molecule has 0 amide bonds. The Morgan fingerprint density at radius 2 is 1.78 bits per heavy atom. The van der Waals surface area contributed by atoms with Crippen LogP contribution in [0.2, 0.25) is 0 Å². The van der Waals surface area contributed by atoms with Crippen molar-refractivity contribution in [2.45, 2.75) is 13.5 Å². The van der Waals surface area contributed by atoms with E-state index in [1.54, 1.807) is 0 Å². The summed E-state index contributed by atoms with van der Waals surface area (Å²) in [4.78, 5) is 0. The second-order valence-electron chi connectivity index (χ2n) is 4.00. The van der Waals surface area contributed by atoms with Gasteiger partial charge in [0.15, 0.2) is 0 Å². The normalized spacial score (nSPS) is 10.7. The van der Waals surface area contributed by atoms with Gasteiger partial charge in [-0.25, -0.2) is 0 Å². The average Bonchev–Trinajstić information content (AvgIpc) is 2.55. The molecule has 1 aromatic heterocycles. The molecule has 0 saturated carbocycles. The summed E-state index contributed by atoms with van der Waals surface area (Å²) in [5, 5.41) is 7.73. The van der Waals surface area contributed by atoms with Crippen LogP contribution >= 0.6 is 47.8 Å². The van der Waals surface area contributed by atoms with Crippen molar-refractivity contribution in [1.82, 2.24) is 9.78 Å². The molecule has 0 spiro atoms. The summed E-state index contributed by atoms with van der Waals surface area (Å²) in [6.07, 6.45) is 0. The Labute approximate surface area is 131 Å². The minimum atomic E-state index is 0.732. The van der Waals surface area contributed by atoms with Crippen molar-refractivity contribution in [2.75, 3.05) is 5.32 Å². The third kappa shape index (κ3) is 3.16. The van der Waals surface area contributed by atoms with Crippen molar-refractivity contribution in [3.8, 4) is 0 Å². The third-order valence-electron chi connectivity index (χ3n) is 2.55. The highest BCUT2D eigenvalue weighted by molar-refractivity contribution is 9.11. The summed E-state index contributed by atoms with van der Waals surface area (Å²) in [5.74, 6) is 0. The Hall–Kier alpha value is -0.330. The predicted molar refractivity (Wildman–Crippen MR) is 84.8 cm³/mol. The van der Waals surface area contributed by atoms with Crippen LogP contribution in [0.25, 0.3) is 0 Å². The van der Waals surface area contributed by atoms with Gasteiger partial charge in [0.25, 0.3) is 0 Å². The zero-order chi connectivity index (χ0) is 13.3. The smallest absolute Gasteiger partial charge is 0.0632 e. The topological polar surface area (TPSA) is 29.9 Å². The lowest BCUT2D eigenvalue weighted by atomic mass is 10.3. The van der Waals surface area contributed by atoms with E-state index in [4.69, 9.17) is 0 Å². The fourth-order valence-electron chi connectivity index (χ4n) is 1.72. The standard InChI is InChI=1S/C12H12Br3N3/c1-7-3-9(18(2)17-7)6-16-12-10(14)4-8(13)5-11(12)15/h3-5,16H,6H2,1-2H3. The predicted octanol–water partition coefficient (Wildman–Crippen LogP) is 4.63. The van der Waals surface area contributed by atoms with Crippen molar-refractivity contribution in [1.29, 1.82) is 0 Å². The first-order chi connectivity index (χ1) is 8.47. The molecule has 1 heterocycles. The molecule has 0 aliphatic carbocycles. The minimum absolute atomic E-state index is 0.732. The Balaban J connectivity index is 2.18. The molecule has 0 saturated heterocycles. The van der Waals surface area contributed by atoms with Crippen LogP contribution in [0.4, 0.5) is 5.69 Å². The van der Waals surface area contributed by atoms with Gasteiger partial charge in [0, 0.05) is 20.5 Å². The van der Waals surface area contributed by atoms with Gasteiger partial charge in [0.1, 0.15) is 0 Å². The summed E-state index contributed by atoms with van der Waals surface area (Å²) < 4.78 is 4.96. The van der Waals surface area contributed by atoms with Crippen molar-refractivity contribution >= 4 is 53.5 Å². The number of nitrogens with zero attached hydrogens (tertiary/aromatic N) is 2. The maximum atomic E-state index is 4.33. The molecule has 0 radical (unpaired) electrons. The summed E-state index contributed by atoms with van der Waals surface area (Å²) in [7, 11) is 1.95. The van der Waals surface area contributed by atoms with Crippen LogP contribution in [0.1, 0.15) is 11.4 Å². The van der Waals surface area contributed by atoms with E-state index in [1.807, 2.05) is 30.8 Å². The third-order valence-corrected chi connectivity index (χ3v) is 4.26. The lowest BCUT2D eigenvalue weighted by Gasteiger charge is -2.11. The zero-order valence-electron chi connectivity index (χ0n) is 9.97. The van der Waals surface area contributed by atoms with Crippen molar-refractivity contribution in [3.05, 3.63) is 43.0 Å². The summed E-state index contributed by atoms with van der Waals surface area (Å²) in [6, 6.07) is 6.11. The molecule has 0 bridgehead atoms. The number of benzene rings is 1. The molecule has 3 nitrogen and oxygen atoms in total. The van der Waals surface area contributed by atoms with E-state index in [2.05, 4.69) is 64.3 Å². The highest BCUT2D eigenvalue weighted by Gasteiger charge is 2.08. The first-order valence-electron chi connectivity index (χ1n) is 5.35. The molecule has 0 aliphatic heterocycles. The van der Waals surface area contributed by atoms with Gasteiger partial charge in [-0.1, -0.05) is 15.9 Å². The fraction of sp³-hybridized carbons (Fsp3) is 0.250. The quantitative estimate of drug-likeness (QED) is 0.758. The first kappa shape index (κ1) is 14.1. The molecule has 0 aliphatic rings. The first-order valence-corrected chi connectivity index (χ1v) is 7.73. The monoisotopic (exact) mass is 435 g/mol. The lowest BCUT2D eigenvalue weighted by Crippen LogP contribution is -2.06. The number of hydrogen-bond acceptors (Lipinski definition) is 2. The maximum Gasteiger partial charge on any atom is 0.0632 e. The maximum absolute atomic E-state index is 4.33. The van der Waals surface area contributed by atoms with Crippen molar-refractivity contribution in [3.63, 3.8) is 0 Å². The molecular weight excluding hydrogens is 426 g/mol. The van der Waals surface area contributed by atoms with Crippen LogP contribution in [-0.2, 0) is 13.6 Å². The molecule has 0 atom stereocenters.